The molecule has 0 spiro atoms. The monoisotopic (exact) mass is 431 g/mol. The molecule has 0 radical (unpaired) electrons. The number of amides is 1. The molecule has 32 heavy (non-hydrogen) atoms. The van der Waals surface area contributed by atoms with Gasteiger partial charge in [0.15, 0.2) is 0 Å². The van der Waals surface area contributed by atoms with Crippen molar-refractivity contribution >= 4 is 11.9 Å². The van der Waals surface area contributed by atoms with Crippen molar-refractivity contribution in [3.63, 3.8) is 0 Å². The van der Waals surface area contributed by atoms with Gasteiger partial charge in [-0.3, -0.25) is 9.78 Å². The first-order valence-corrected chi connectivity index (χ1v) is 11.0. The van der Waals surface area contributed by atoms with Gasteiger partial charge in [0.2, 0.25) is 5.95 Å². The maximum absolute atomic E-state index is 15.0. The molecule has 2 aliphatic heterocycles. The topological polar surface area (TPSA) is 62.2 Å². The largest absolute Gasteiger partial charge is 0.336 e. The van der Waals surface area contributed by atoms with E-state index in [0.717, 1.165) is 29.9 Å². The van der Waals surface area contributed by atoms with Crippen LogP contribution in [0.5, 0.6) is 0 Å². The molecule has 2 saturated heterocycles. The number of pyridine rings is 1. The van der Waals surface area contributed by atoms with Gasteiger partial charge < -0.3 is 9.80 Å². The third-order valence-electron chi connectivity index (χ3n) is 6.49. The highest BCUT2D eigenvalue weighted by molar-refractivity contribution is 6.01. The van der Waals surface area contributed by atoms with Crippen molar-refractivity contribution in [2.75, 3.05) is 24.5 Å². The van der Waals surface area contributed by atoms with E-state index in [2.05, 4.69) is 19.9 Å². The molecule has 0 unspecified atom stereocenters. The average molecular weight is 432 g/mol. The Morgan fingerprint density at radius 1 is 1.06 bits per heavy atom. The summed E-state index contributed by atoms with van der Waals surface area (Å²) in [5.41, 5.74) is 4.11. The summed E-state index contributed by atoms with van der Waals surface area (Å²) in [6.07, 6.45) is 2.58. The zero-order valence-corrected chi connectivity index (χ0v) is 18.5. The highest BCUT2D eigenvalue weighted by Gasteiger charge is 2.45. The van der Waals surface area contributed by atoms with Gasteiger partial charge in [0.25, 0.3) is 5.91 Å². The summed E-state index contributed by atoms with van der Waals surface area (Å²) in [5.74, 6) is 0.421. The normalized spacial score (nSPS) is 20.0. The van der Waals surface area contributed by atoms with Crippen LogP contribution < -0.4 is 4.90 Å². The maximum Gasteiger partial charge on any atom is 0.257 e. The molecule has 6 nitrogen and oxygen atoms in total. The molecule has 164 valence electrons. The van der Waals surface area contributed by atoms with Gasteiger partial charge in [0, 0.05) is 48.7 Å². The number of carbonyl (C=O) groups excluding carboxylic acids is 1. The van der Waals surface area contributed by atoms with Crippen LogP contribution in [-0.2, 0) is 0 Å². The Balaban J connectivity index is 1.42. The van der Waals surface area contributed by atoms with Crippen molar-refractivity contribution in [2.45, 2.75) is 33.2 Å². The zero-order valence-electron chi connectivity index (χ0n) is 18.5. The van der Waals surface area contributed by atoms with E-state index in [0.29, 0.717) is 36.2 Å². The van der Waals surface area contributed by atoms with Crippen LogP contribution in [0.15, 0.2) is 42.6 Å². The summed E-state index contributed by atoms with van der Waals surface area (Å²) in [6, 6.07) is 10.6. The Labute approximate surface area is 187 Å². The number of hydrogen-bond acceptors (Lipinski definition) is 5. The van der Waals surface area contributed by atoms with Crippen molar-refractivity contribution in [3.05, 3.63) is 70.9 Å². The minimum atomic E-state index is -0.513. The van der Waals surface area contributed by atoms with Gasteiger partial charge in [-0.1, -0.05) is 12.1 Å². The van der Waals surface area contributed by atoms with Gasteiger partial charge in [0.1, 0.15) is 5.82 Å². The second kappa shape index (κ2) is 7.97. The van der Waals surface area contributed by atoms with Crippen LogP contribution in [0.1, 0.15) is 33.7 Å². The van der Waals surface area contributed by atoms with E-state index in [1.165, 1.54) is 6.07 Å². The minimum Gasteiger partial charge on any atom is -0.336 e. The summed E-state index contributed by atoms with van der Waals surface area (Å²) in [4.78, 5) is 31.1. The number of halogens is 1. The van der Waals surface area contributed by atoms with Gasteiger partial charge >= 0.3 is 0 Å². The molecule has 2 atom stereocenters. The van der Waals surface area contributed by atoms with Crippen LogP contribution >= 0.6 is 0 Å². The maximum atomic E-state index is 15.0. The van der Waals surface area contributed by atoms with Crippen molar-refractivity contribution in [3.8, 4) is 11.3 Å². The Bertz CT molecular complexity index is 1180. The highest BCUT2D eigenvalue weighted by atomic mass is 19.1. The fraction of sp³-hybridized carbons (Fsp3) is 0.360. The van der Waals surface area contributed by atoms with E-state index in [1.54, 1.807) is 23.2 Å². The molecular formula is C25H26FN5O. The van der Waals surface area contributed by atoms with Crippen LogP contribution in [0.25, 0.3) is 11.3 Å². The first-order valence-electron chi connectivity index (χ1n) is 11.0. The number of rotatable bonds is 3. The van der Waals surface area contributed by atoms with Crippen LogP contribution in [0.3, 0.4) is 0 Å². The number of nitrogens with zero attached hydrogens (tertiary/aromatic N) is 5. The lowest BCUT2D eigenvalue weighted by Crippen LogP contribution is -2.65. The fourth-order valence-corrected chi connectivity index (χ4v) is 4.84. The van der Waals surface area contributed by atoms with Gasteiger partial charge in [-0.25, -0.2) is 14.4 Å². The van der Waals surface area contributed by atoms with Crippen LogP contribution in [0.4, 0.5) is 10.3 Å². The predicted octanol–water partition coefficient (Wildman–Crippen LogP) is 3.95. The quantitative estimate of drug-likeness (QED) is 0.628. The van der Waals surface area contributed by atoms with Gasteiger partial charge in [-0.15, -0.1) is 0 Å². The molecule has 2 aliphatic rings. The number of hydrogen-bond donors (Lipinski definition) is 0. The summed E-state index contributed by atoms with van der Waals surface area (Å²) >= 11 is 0. The number of benzene rings is 1. The van der Waals surface area contributed by atoms with E-state index in [4.69, 9.17) is 0 Å². The molecule has 2 aromatic heterocycles. The number of carbonyl (C=O) groups is 1. The van der Waals surface area contributed by atoms with Crippen molar-refractivity contribution in [1.29, 1.82) is 0 Å². The molecule has 0 bridgehead atoms. The minimum absolute atomic E-state index is 0.0950. The number of anilines is 1. The average Bonchev–Trinajstić information content (AvgIpc) is 2.73. The Kier molecular flexibility index (Phi) is 5.12. The highest BCUT2D eigenvalue weighted by Crippen LogP contribution is 2.36. The summed E-state index contributed by atoms with van der Waals surface area (Å²) in [6.45, 7) is 7.94. The second-order valence-corrected chi connectivity index (χ2v) is 8.85. The SMILES string of the molecule is Cc1ccnc(-c2cccc(F)c2C(=O)N2CC[C@H]3CN(c4nc(C)cc(C)n4)[C@H]3C2)c1. The summed E-state index contributed by atoms with van der Waals surface area (Å²) in [5, 5.41) is 0. The van der Waals surface area contributed by atoms with Gasteiger partial charge in [-0.2, -0.15) is 0 Å². The van der Waals surface area contributed by atoms with E-state index < -0.39 is 5.82 Å². The number of fused-ring (bicyclic) bond motifs is 1. The summed E-state index contributed by atoms with van der Waals surface area (Å²) in [7, 11) is 0. The molecule has 7 heteroatoms. The zero-order chi connectivity index (χ0) is 22.4. The molecule has 0 aliphatic carbocycles. The molecule has 2 fully saturated rings. The van der Waals surface area contributed by atoms with Crippen molar-refractivity contribution in [1.82, 2.24) is 19.9 Å². The van der Waals surface area contributed by atoms with Crippen molar-refractivity contribution in [2.24, 2.45) is 5.92 Å². The molecule has 0 saturated carbocycles. The standard InChI is InChI=1S/C25H26FN5O/c1-15-7-9-27-21(11-15)19-5-4-6-20(26)23(19)24(32)30-10-8-18-13-31(22(18)14-30)25-28-16(2)12-17(3)29-25/h4-7,9,11-12,18,22H,8,10,13-14H2,1-3H3/t18-,22-/m0/s1. The number of piperidine rings is 1. The summed E-state index contributed by atoms with van der Waals surface area (Å²) < 4.78 is 15.0. The third-order valence-corrected chi connectivity index (χ3v) is 6.49. The first-order chi connectivity index (χ1) is 15.4. The van der Waals surface area contributed by atoms with Gasteiger partial charge in [-0.05, 0) is 57.0 Å². The number of likely N-dealkylation sites (tertiary alicyclic amines) is 1. The van der Waals surface area contributed by atoms with E-state index >= 15 is 0 Å². The Hall–Kier alpha value is -3.35. The molecule has 1 aromatic carbocycles. The van der Waals surface area contributed by atoms with Crippen LogP contribution in [0.2, 0.25) is 0 Å². The molecule has 1 amide bonds. The molecular weight excluding hydrogens is 405 g/mol. The van der Waals surface area contributed by atoms with E-state index in [9.17, 15) is 9.18 Å². The number of aryl methyl sites for hydroxylation is 3. The third kappa shape index (κ3) is 3.61. The molecule has 5 rings (SSSR count). The lowest BCUT2D eigenvalue weighted by molar-refractivity contribution is 0.0585. The Morgan fingerprint density at radius 2 is 1.84 bits per heavy atom. The smallest absolute Gasteiger partial charge is 0.257 e. The second-order valence-electron chi connectivity index (χ2n) is 8.85. The van der Waals surface area contributed by atoms with E-state index in [1.807, 2.05) is 39.0 Å². The lowest BCUT2D eigenvalue weighted by atomic mass is 9.82. The molecule has 4 heterocycles. The van der Waals surface area contributed by atoms with Crippen molar-refractivity contribution < 1.29 is 9.18 Å². The first kappa shape index (κ1) is 20.5. The van der Waals surface area contributed by atoms with Crippen LogP contribution in [-0.4, -0.2) is 51.4 Å². The molecule has 3 aromatic rings. The van der Waals surface area contributed by atoms with Crippen LogP contribution in [0, 0.1) is 32.5 Å². The van der Waals surface area contributed by atoms with E-state index in [-0.39, 0.29) is 17.5 Å². The lowest BCUT2D eigenvalue weighted by Gasteiger charge is -2.53. The number of aromatic nitrogens is 3. The van der Waals surface area contributed by atoms with Gasteiger partial charge in [0.05, 0.1) is 17.3 Å². The Morgan fingerprint density at radius 3 is 2.59 bits per heavy atom. The molecule has 0 N–H and O–H groups in total. The fourth-order valence-electron chi connectivity index (χ4n) is 4.84. The predicted molar refractivity (Wildman–Crippen MR) is 121 cm³/mol.